The first-order valence-corrected chi connectivity index (χ1v) is 8.92. The highest BCUT2D eigenvalue weighted by Crippen LogP contribution is 2.44. The number of ether oxygens (including phenoxy) is 1. The van der Waals surface area contributed by atoms with Crippen LogP contribution < -0.4 is 0 Å². The van der Waals surface area contributed by atoms with Gasteiger partial charge in [0.25, 0.3) is 0 Å². The van der Waals surface area contributed by atoms with Gasteiger partial charge in [0.05, 0.1) is 11.8 Å². The highest BCUT2D eigenvalue weighted by atomic mass is 19.1. The van der Waals surface area contributed by atoms with Crippen molar-refractivity contribution in [2.75, 3.05) is 6.61 Å². The molecule has 0 N–H and O–H groups in total. The van der Waals surface area contributed by atoms with Crippen LogP contribution in [0.25, 0.3) is 16.8 Å². The highest BCUT2D eigenvalue weighted by Gasteiger charge is 2.35. The molecule has 0 spiro atoms. The normalized spacial score (nSPS) is 18.2. The summed E-state index contributed by atoms with van der Waals surface area (Å²) in [4.78, 5) is 13.2. The number of ketones is 1. The van der Waals surface area contributed by atoms with Gasteiger partial charge in [-0.3, -0.25) is 4.79 Å². The van der Waals surface area contributed by atoms with Crippen molar-refractivity contribution in [1.82, 2.24) is 4.57 Å². The van der Waals surface area contributed by atoms with Crippen molar-refractivity contribution in [2.24, 2.45) is 0 Å². The maximum absolute atomic E-state index is 13.4. The van der Waals surface area contributed by atoms with Gasteiger partial charge in [-0.05, 0) is 55.2 Å². The number of nitrogens with zero attached hydrogens (tertiary/aromatic N) is 1. The third-order valence-corrected chi connectivity index (χ3v) is 5.32. The Labute approximate surface area is 151 Å². The Morgan fingerprint density at radius 2 is 1.96 bits per heavy atom. The molecule has 0 amide bonds. The van der Waals surface area contributed by atoms with E-state index in [-0.39, 0.29) is 17.7 Å². The van der Waals surface area contributed by atoms with Crippen molar-refractivity contribution < 1.29 is 13.9 Å². The summed E-state index contributed by atoms with van der Waals surface area (Å²) in [6, 6.07) is 12.3. The van der Waals surface area contributed by atoms with Gasteiger partial charge in [0, 0.05) is 29.5 Å². The van der Waals surface area contributed by atoms with E-state index in [2.05, 4.69) is 0 Å². The second-order valence-electron chi connectivity index (χ2n) is 7.04. The second-order valence-corrected chi connectivity index (χ2v) is 7.04. The van der Waals surface area contributed by atoms with Crippen LogP contribution in [0.4, 0.5) is 4.39 Å². The monoisotopic (exact) mass is 347 g/mol. The first-order chi connectivity index (χ1) is 12.6. The molecule has 4 heteroatoms. The summed E-state index contributed by atoms with van der Waals surface area (Å²) < 4.78 is 21.3. The van der Waals surface area contributed by atoms with Gasteiger partial charge >= 0.3 is 0 Å². The molecular formula is C22H18FNO2. The lowest BCUT2D eigenvalue weighted by atomic mass is 9.94. The summed E-state index contributed by atoms with van der Waals surface area (Å²) in [7, 11) is 0. The zero-order valence-electron chi connectivity index (χ0n) is 14.5. The lowest BCUT2D eigenvalue weighted by Crippen LogP contribution is -2.01. The van der Waals surface area contributed by atoms with E-state index in [0.717, 1.165) is 47.4 Å². The number of hydrogen-bond acceptors (Lipinski definition) is 2. The molecule has 1 atom stereocenters. The van der Waals surface area contributed by atoms with E-state index in [1.54, 1.807) is 12.1 Å². The number of fused-ring (bicyclic) bond motifs is 3. The van der Waals surface area contributed by atoms with Crippen LogP contribution >= 0.6 is 0 Å². The maximum atomic E-state index is 13.4. The van der Waals surface area contributed by atoms with Crippen molar-refractivity contribution in [3.05, 3.63) is 76.9 Å². The van der Waals surface area contributed by atoms with Crippen LogP contribution in [-0.4, -0.2) is 17.0 Å². The molecular weight excluding hydrogens is 329 g/mol. The summed E-state index contributed by atoms with van der Waals surface area (Å²) >= 11 is 0. The van der Waals surface area contributed by atoms with Crippen LogP contribution in [-0.2, 0) is 4.74 Å². The van der Waals surface area contributed by atoms with E-state index in [0.29, 0.717) is 11.3 Å². The van der Waals surface area contributed by atoms with Crippen LogP contribution in [0, 0.1) is 12.7 Å². The number of halogens is 1. The molecule has 0 radical (unpaired) electrons. The molecule has 26 heavy (non-hydrogen) atoms. The Kier molecular flexibility index (Phi) is 3.37. The summed E-state index contributed by atoms with van der Waals surface area (Å²) in [6.45, 7) is 2.76. The van der Waals surface area contributed by atoms with Crippen molar-refractivity contribution in [3.8, 4) is 16.8 Å². The molecule has 1 fully saturated rings. The molecule has 5 rings (SSSR count). The topological polar surface area (TPSA) is 31.2 Å². The fraction of sp³-hybridized carbons (Fsp3) is 0.227. The standard InChI is InChI=1S/C22H18FNO2/c1-13-4-9-16-18(11-13)24-12-17(19-3-2-10-26-19)20(21(24)22(16)25)14-5-7-15(23)8-6-14/h4-9,11-12,19H,2-3,10H2,1H3. The molecule has 2 aliphatic heterocycles. The molecule has 0 bridgehead atoms. The third-order valence-electron chi connectivity index (χ3n) is 5.32. The van der Waals surface area contributed by atoms with Crippen LogP contribution in [0.1, 0.15) is 46.1 Å². The third kappa shape index (κ3) is 2.19. The van der Waals surface area contributed by atoms with Crippen molar-refractivity contribution in [3.63, 3.8) is 0 Å². The fourth-order valence-corrected chi connectivity index (χ4v) is 4.09. The summed E-state index contributed by atoms with van der Waals surface area (Å²) in [5.41, 5.74) is 6.14. The predicted octanol–water partition coefficient (Wildman–Crippen LogP) is 4.99. The Bertz CT molecular complexity index is 1030. The van der Waals surface area contributed by atoms with Crippen LogP contribution in [0.5, 0.6) is 0 Å². The average Bonchev–Trinajstić information content (AvgIpc) is 3.33. The van der Waals surface area contributed by atoms with E-state index < -0.39 is 0 Å². The molecule has 0 aliphatic carbocycles. The average molecular weight is 347 g/mol. The van der Waals surface area contributed by atoms with E-state index in [1.807, 2.05) is 35.9 Å². The zero-order chi connectivity index (χ0) is 17.8. The fourth-order valence-electron chi connectivity index (χ4n) is 4.09. The van der Waals surface area contributed by atoms with Gasteiger partial charge in [-0.15, -0.1) is 0 Å². The Balaban J connectivity index is 1.78. The van der Waals surface area contributed by atoms with E-state index in [1.165, 1.54) is 12.1 Å². The van der Waals surface area contributed by atoms with E-state index >= 15 is 0 Å². The highest BCUT2D eigenvalue weighted by molar-refractivity contribution is 6.17. The molecule has 130 valence electrons. The molecule has 2 aliphatic rings. The zero-order valence-corrected chi connectivity index (χ0v) is 14.5. The quantitative estimate of drug-likeness (QED) is 0.512. The number of hydrogen-bond donors (Lipinski definition) is 0. The number of rotatable bonds is 2. The van der Waals surface area contributed by atoms with E-state index in [4.69, 9.17) is 4.74 Å². The van der Waals surface area contributed by atoms with Crippen LogP contribution in [0.15, 0.2) is 48.7 Å². The molecule has 2 aromatic carbocycles. The second kappa shape index (κ2) is 5.64. The molecule has 0 saturated carbocycles. The first kappa shape index (κ1) is 15.5. The molecule has 1 saturated heterocycles. The minimum Gasteiger partial charge on any atom is -0.373 e. The van der Waals surface area contributed by atoms with E-state index in [9.17, 15) is 9.18 Å². The maximum Gasteiger partial charge on any atom is 0.212 e. The minimum absolute atomic E-state index is 0.0172. The van der Waals surface area contributed by atoms with Gasteiger partial charge in [0.15, 0.2) is 0 Å². The van der Waals surface area contributed by atoms with Crippen molar-refractivity contribution in [1.29, 1.82) is 0 Å². The SMILES string of the molecule is Cc1ccc2c(c1)-n1cc(C3CCCO3)c(-c3ccc(F)cc3)c1C2=O. The number of aromatic nitrogens is 1. The summed E-state index contributed by atoms with van der Waals surface area (Å²) in [5, 5.41) is 0. The van der Waals surface area contributed by atoms with Crippen molar-refractivity contribution >= 4 is 5.78 Å². The molecule has 3 heterocycles. The number of carbonyl (C=O) groups is 1. The first-order valence-electron chi connectivity index (χ1n) is 8.92. The molecule has 3 aromatic rings. The largest absolute Gasteiger partial charge is 0.373 e. The van der Waals surface area contributed by atoms with Gasteiger partial charge < -0.3 is 9.30 Å². The van der Waals surface area contributed by atoms with Crippen molar-refractivity contribution in [2.45, 2.75) is 25.9 Å². The molecule has 1 unspecified atom stereocenters. The Hall–Kier alpha value is -2.72. The van der Waals surface area contributed by atoms with Gasteiger partial charge in [-0.2, -0.15) is 0 Å². The number of benzene rings is 2. The summed E-state index contributed by atoms with van der Waals surface area (Å²) in [5.74, 6) is -0.267. The lowest BCUT2D eigenvalue weighted by Gasteiger charge is -2.12. The van der Waals surface area contributed by atoms with Gasteiger partial charge in [-0.1, -0.05) is 18.2 Å². The Morgan fingerprint density at radius 3 is 2.69 bits per heavy atom. The Morgan fingerprint density at radius 1 is 1.15 bits per heavy atom. The minimum atomic E-state index is -0.284. The number of aryl methyl sites for hydroxylation is 1. The molecule has 3 nitrogen and oxygen atoms in total. The van der Waals surface area contributed by atoms with Gasteiger partial charge in [-0.25, -0.2) is 4.39 Å². The smallest absolute Gasteiger partial charge is 0.212 e. The van der Waals surface area contributed by atoms with Crippen LogP contribution in [0.2, 0.25) is 0 Å². The summed E-state index contributed by atoms with van der Waals surface area (Å²) in [6.07, 6.45) is 3.96. The van der Waals surface area contributed by atoms with Gasteiger partial charge in [0.1, 0.15) is 11.5 Å². The van der Waals surface area contributed by atoms with Gasteiger partial charge in [0.2, 0.25) is 5.78 Å². The predicted molar refractivity (Wildman–Crippen MR) is 97.3 cm³/mol. The number of carbonyl (C=O) groups excluding carboxylic acids is 1. The molecule has 1 aromatic heterocycles. The lowest BCUT2D eigenvalue weighted by molar-refractivity contribution is 0.104. The van der Waals surface area contributed by atoms with Crippen LogP contribution in [0.3, 0.4) is 0 Å².